The maximum atomic E-state index is 13.3. The number of hydrogen-bond acceptors (Lipinski definition) is 8. The fraction of sp³-hybridized carbons (Fsp3) is 0.250. The van der Waals surface area contributed by atoms with Crippen molar-refractivity contribution in [2.24, 2.45) is 5.92 Å². The Bertz CT molecular complexity index is 2000. The summed E-state index contributed by atoms with van der Waals surface area (Å²) in [6.07, 6.45) is 1.21. The van der Waals surface area contributed by atoms with Crippen LogP contribution in [0.3, 0.4) is 0 Å². The number of ether oxygens (including phenoxy) is 2. The molecule has 1 fully saturated rings. The predicted molar refractivity (Wildman–Crippen MR) is 176 cm³/mol. The standard InChI is InChI=1S/C36H34FN5O5/c1-22-29-13-15-32(43)42(28-11-7-26(8-12-28)35(45)38-21-23-4-14-30(46-2)31(20-23)47-3)34(29)40-36(39-22)41-18-16-25(17-19-41)33(44)24-5-9-27(37)10-6-24/h4-15,20,25H,16-19,21H2,1-3H3,(H,38,45). The van der Waals surface area contributed by atoms with Crippen LogP contribution in [-0.4, -0.2) is 53.5 Å². The molecular formula is C36H34FN5O5. The number of methoxy groups -OCH3 is 2. The first-order valence-electron chi connectivity index (χ1n) is 15.3. The van der Waals surface area contributed by atoms with Crippen molar-refractivity contribution in [3.63, 3.8) is 0 Å². The number of rotatable bonds is 9. The number of aryl methyl sites for hydroxylation is 1. The third-order valence-electron chi connectivity index (χ3n) is 8.50. The normalized spacial score (nSPS) is 13.4. The van der Waals surface area contributed by atoms with E-state index in [0.717, 1.165) is 16.6 Å². The average molecular weight is 636 g/mol. The molecule has 5 aromatic rings. The van der Waals surface area contributed by atoms with E-state index in [9.17, 15) is 18.8 Å². The van der Waals surface area contributed by atoms with Crippen molar-refractivity contribution in [2.45, 2.75) is 26.3 Å². The molecule has 1 aliphatic rings. The summed E-state index contributed by atoms with van der Waals surface area (Å²) < 4.78 is 25.5. The highest BCUT2D eigenvalue weighted by Gasteiger charge is 2.27. The molecule has 1 saturated heterocycles. The molecule has 0 atom stereocenters. The molecule has 47 heavy (non-hydrogen) atoms. The van der Waals surface area contributed by atoms with Gasteiger partial charge < -0.3 is 19.7 Å². The summed E-state index contributed by atoms with van der Waals surface area (Å²) >= 11 is 0. The van der Waals surface area contributed by atoms with Gasteiger partial charge in [-0.15, -0.1) is 0 Å². The smallest absolute Gasteiger partial charge is 0.256 e. The lowest BCUT2D eigenvalue weighted by Gasteiger charge is -2.31. The molecule has 0 spiro atoms. The van der Waals surface area contributed by atoms with Gasteiger partial charge in [0.15, 0.2) is 22.9 Å². The molecule has 0 radical (unpaired) electrons. The molecule has 11 heteroatoms. The van der Waals surface area contributed by atoms with Crippen LogP contribution in [0.1, 0.15) is 44.8 Å². The van der Waals surface area contributed by atoms with Crippen molar-refractivity contribution in [2.75, 3.05) is 32.2 Å². The summed E-state index contributed by atoms with van der Waals surface area (Å²) in [5.74, 6) is 0.856. The minimum Gasteiger partial charge on any atom is -0.493 e. The largest absolute Gasteiger partial charge is 0.493 e. The maximum Gasteiger partial charge on any atom is 0.256 e. The zero-order chi connectivity index (χ0) is 33.1. The van der Waals surface area contributed by atoms with Crippen LogP contribution in [0.15, 0.2) is 83.7 Å². The van der Waals surface area contributed by atoms with E-state index in [1.165, 1.54) is 34.9 Å². The lowest BCUT2D eigenvalue weighted by molar-refractivity contribution is 0.0899. The highest BCUT2D eigenvalue weighted by molar-refractivity contribution is 5.98. The number of carbonyl (C=O) groups excluding carboxylic acids is 2. The van der Waals surface area contributed by atoms with Crippen molar-refractivity contribution in [3.8, 4) is 17.2 Å². The Balaban J connectivity index is 1.19. The molecule has 10 nitrogen and oxygen atoms in total. The van der Waals surface area contributed by atoms with Gasteiger partial charge >= 0.3 is 0 Å². The van der Waals surface area contributed by atoms with Gasteiger partial charge in [0.25, 0.3) is 11.5 Å². The van der Waals surface area contributed by atoms with Crippen LogP contribution in [0, 0.1) is 18.7 Å². The summed E-state index contributed by atoms with van der Waals surface area (Å²) in [7, 11) is 3.12. The Kier molecular flexibility index (Phi) is 8.97. The third-order valence-corrected chi connectivity index (χ3v) is 8.50. The van der Waals surface area contributed by atoms with Crippen molar-refractivity contribution in [1.29, 1.82) is 0 Å². The SMILES string of the molecule is COc1ccc(CNC(=O)c2ccc(-n3c(=O)ccc4c(C)nc(N5CCC(C(=O)c6ccc(F)cc6)CC5)nc43)cc2)cc1OC. The summed E-state index contributed by atoms with van der Waals surface area (Å²) in [5.41, 5.74) is 3.26. The quantitative estimate of drug-likeness (QED) is 0.218. The molecule has 1 amide bonds. The van der Waals surface area contributed by atoms with Gasteiger partial charge in [-0.05, 0) is 92.1 Å². The van der Waals surface area contributed by atoms with Crippen molar-refractivity contribution >= 4 is 28.7 Å². The number of ketones is 1. The van der Waals surface area contributed by atoms with Crippen LogP contribution in [0.2, 0.25) is 0 Å². The Hall–Kier alpha value is -5.58. The first kappa shape index (κ1) is 31.4. The van der Waals surface area contributed by atoms with Crippen molar-refractivity contribution in [1.82, 2.24) is 19.9 Å². The first-order chi connectivity index (χ1) is 22.7. The van der Waals surface area contributed by atoms with Gasteiger partial charge in [-0.25, -0.2) is 9.37 Å². The van der Waals surface area contributed by atoms with Gasteiger partial charge in [-0.1, -0.05) is 6.07 Å². The van der Waals surface area contributed by atoms with Crippen LogP contribution < -0.4 is 25.2 Å². The molecule has 3 aromatic carbocycles. The van der Waals surface area contributed by atoms with Gasteiger partial charge in [-0.3, -0.25) is 19.0 Å². The molecule has 0 bridgehead atoms. The number of halogens is 1. The Morgan fingerprint density at radius 3 is 2.23 bits per heavy atom. The number of carbonyl (C=O) groups is 2. The topological polar surface area (TPSA) is 116 Å². The number of anilines is 1. The summed E-state index contributed by atoms with van der Waals surface area (Å²) in [4.78, 5) is 50.7. The highest BCUT2D eigenvalue weighted by Crippen LogP contribution is 2.28. The van der Waals surface area contributed by atoms with Gasteiger partial charge in [0.1, 0.15) is 5.82 Å². The van der Waals surface area contributed by atoms with Crippen molar-refractivity contribution in [3.05, 3.63) is 117 Å². The summed E-state index contributed by atoms with van der Waals surface area (Å²) in [6, 6.07) is 21.1. The zero-order valence-corrected chi connectivity index (χ0v) is 26.3. The van der Waals surface area contributed by atoms with Crippen LogP contribution in [0.4, 0.5) is 10.3 Å². The van der Waals surface area contributed by atoms with E-state index in [1.54, 1.807) is 50.6 Å². The van der Waals surface area contributed by atoms with E-state index < -0.39 is 0 Å². The molecule has 1 aliphatic heterocycles. The predicted octanol–water partition coefficient (Wildman–Crippen LogP) is 5.27. The number of Topliss-reactive ketones (excluding diaryl/α,β-unsaturated/α-hetero) is 1. The van der Waals surface area contributed by atoms with E-state index in [2.05, 4.69) is 5.32 Å². The van der Waals surface area contributed by atoms with Gasteiger partial charge in [0.05, 0.1) is 25.6 Å². The number of benzene rings is 3. The number of piperidine rings is 1. The van der Waals surface area contributed by atoms with E-state index in [1.807, 2.05) is 24.0 Å². The van der Waals surface area contributed by atoms with Gasteiger partial charge in [0, 0.05) is 48.1 Å². The third kappa shape index (κ3) is 6.55. The maximum absolute atomic E-state index is 13.3. The van der Waals surface area contributed by atoms with E-state index >= 15 is 0 Å². The molecule has 2 aromatic heterocycles. The number of nitrogens with zero attached hydrogens (tertiary/aromatic N) is 4. The lowest BCUT2D eigenvalue weighted by atomic mass is 9.89. The van der Waals surface area contributed by atoms with E-state index in [-0.39, 0.29) is 29.0 Å². The minimum atomic E-state index is -0.373. The van der Waals surface area contributed by atoms with Crippen molar-refractivity contribution < 1.29 is 23.5 Å². The molecule has 240 valence electrons. The number of nitrogens with one attached hydrogen (secondary N) is 1. The Morgan fingerprint density at radius 1 is 0.872 bits per heavy atom. The number of amides is 1. The molecular weight excluding hydrogens is 601 g/mol. The fourth-order valence-electron chi connectivity index (χ4n) is 5.87. The lowest BCUT2D eigenvalue weighted by Crippen LogP contribution is -2.37. The summed E-state index contributed by atoms with van der Waals surface area (Å²) in [5, 5.41) is 3.64. The molecule has 0 aliphatic carbocycles. The second-order valence-electron chi connectivity index (χ2n) is 11.4. The number of aromatic nitrogens is 3. The number of fused-ring (bicyclic) bond motifs is 1. The second kappa shape index (κ2) is 13.4. The molecule has 6 rings (SSSR count). The number of pyridine rings is 1. The summed E-state index contributed by atoms with van der Waals surface area (Å²) in [6.45, 7) is 3.29. The monoisotopic (exact) mass is 635 g/mol. The van der Waals surface area contributed by atoms with E-state index in [4.69, 9.17) is 19.4 Å². The Morgan fingerprint density at radius 2 is 1.55 bits per heavy atom. The molecule has 0 unspecified atom stereocenters. The Labute approximate surface area is 270 Å². The van der Waals surface area contributed by atoms with E-state index in [0.29, 0.717) is 72.4 Å². The molecule has 1 N–H and O–H groups in total. The molecule has 0 saturated carbocycles. The number of hydrogen-bond donors (Lipinski definition) is 1. The fourth-order valence-corrected chi connectivity index (χ4v) is 5.87. The zero-order valence-electron chi connectivity index (χ0n) is 26.3. The molecule has 3 heterocycles. The van der Waals surface area contributed by atoms with Crippen LogP contribution in [0.5, 0.6) is 11.5 Å². The second-order valence-corrected chi connectivity index (χ2v) is 11.4. The minimum absolute atomic E-state index is 0.00666. The van der Waals surface area contributed by atoms with Crippen LogP contribution in [-0.2, 0) is 6.54 Å². The first-order valence-corrected chi connectivity index (χ1v) is 15.3. The highest BCUT2D eigenvalue weighted by atomic mass is 19.1. The van der Waals surface area contributed by atoms with Gasteiger partial charge in [-0.2, -0.15) is 4.98 Å². The van der Waals surface area contributed by atoms with Gasteiger partial charge in [0.2, 0.25) is 5.95 Å². The van der Waals surface area contributed by atoms with Crippen LogP contribution >= 0.6 is 0 Å². The van der Waals surface area contributed by atoms with Crippen LogP contribution in [0.25, 0.3) is 16.7 Å². The average Bonchev–Trinajstić information content (AvgIpc) is 3.10.